The average molecular weight is 255 g/mol. The third-order valence-corrected chi connectivity index (χ3v) is 5.87. The minimum absolute atomic E-state index is 0.457. The van der Waals surface area contributed by atoms with E-state index in [0.717, 1.165) is 5.25 Å². The van der Waals surface area contributed by atoms with Crippen LogP contribution in [0, 0.1) is 0 Å². The maximum absolute atomic E-state index is 3.84. The second kappa shape index (κ2) is 7.04. The average Bonchev–Trinajstić information content (AvgIpc) is 2.66. The Morgan fingerprint density at radius 1 is 0.824 bits per heavy atom. The van der Waals surface area contributed by atoms with E-state index in [1.807, 2.05) is 0 Å². The maximum Gasteiger partial charge on any atom is 0.0648 e. The first-order valence-corrected chi connectivity index (χ1v) is 8.62. The summed E-state index contributed by atoms with van der Waals surface area (Å²) >= 11 is 2.23. The highest BCUT2D eigenvalue weighted by Gasteiger charge is 2.36. The topological polar surface area (TPSA) is 12.0 Å². The molecule has 1 N–H and O–H groups in total. The lowest BCUT2D eigenvalue weighted by Crippen LogP contribution is -2.37. The van der Waals surface area contributed by atoms with Crippen LogP contribution in [0.3, 0.4) is 0 Å². The summed E-state index contributed by atoms with van der Waals surface area (Å²) in [7, 11) is 0. The van der Waals surface area contributed by atoms with E-state index in [2.05, 4.69) is 24.0 Å². The predicted octanol–water partition coefficient (Wildman–Crippen LogP) is 4.71. The Bertz CT molecular complexity index is 205. The lowest BCUT2D eigenvalue weighted by atomic mass is 9.97. The molecular formula is C15H29NS. The van der Waals surface area contributed by atoms with Crippen molar-refractivity contribution >= 4 is 11.8 Å². The molecule has 1 spiro atoms. The maximum atomic E-state index is 3.84. The number of rotatable bonds is 0. The summed E-state index contributed by atoms with van der Waals surface area (Å²) in [4.78, 5) is 0.457. The van der Waals surface area contributed by atoms with Crippen LogP contribution >= 0.6 is 11.8 Å². The van der Waals surface area contributed by atoms with E-state index in [-0.39, 0.29) is 0 Å². The Labute approximate surface area is 112 Å². The van der Waals surface area contributed by atoms with Crippen LogP contribution in [0.4, 0.5) is 0 Å². The van der Waals surface area contributed by atoms with Crippen molar-refractivity contribution in [2.75, 3.05) is 6.54 Å². The van der Waals surface area contributed by atoms with Gasteiger partial charge in [0, 0.05) is 11.8 Å². The first kappa shape index (κ1) is 13.7. The van der Waals surface area contributed by atoms with Crippen molar-refractivity contribution < 1.29 is 0 Å². The van der Waals surface area contributed by atoms with Crippen LogP contribution in [0.5, 0.6) is 0 Å². The van der Waals surface area contributed by atoms with Gasteiger partial charge in [-0.05, 0) is 12.8 Å². The molecule has 0 amide bonds. The monoisotopic (exact) mass is 255 g/mol. The zero-order valence-corrected chi connectivity index (χ0v) is 12.3. The lowest BCUT2D eigenvalue weighted by molar-refractivity contribution is 0.388. The van der Waals surface area contributed by atoms with E-state index in [1.54, 1.807) is 0 Å². The first-order valence-electron chi connectivity index (χ1n) is 7.74. The Morgan fingerprint density at radius 2 is 1.29 bits per heavy atom. The van der Waals surface area contributed by atoms with Crippen LogP contribution < -0.4 is 5.32 Å². The van der Waals surface area contributed by atoms with Crippen molar-refractivity contribution in [3.63, 3.8) is 0 Å². The Balaban J connectivity index is 1.84. The molecule has 1 saturated carbocycles. The van der Waals surface area contributed by atoms with E-state index in [1.165, 1.54) is 77.2 Å². The van der Waals surface area contributed by atoms with Gasteiger partial charge in [-0.2, -0.15) is 0 Å². The van der Waals surface area contributed by atoms with Crippen molar-refractivity contribution in [3.05, 3.63) is 0 Å². The standard InChI is InChI=1S/C15H29NS/c1-14-13-16-15(17-14)11-9-7-5-3-2-4-6-8-10-12-15/h14,16H,2-13H2,1H3. The van der Waals surface area contributed by atoms with Crippen LogP contribution in [-0.2, 0) is 0 Å². The summed E-state index contributed by atoms with van der Waals surface area (Å²) in [6, 6.07) is 0. The summed E-state index contributed by atoms with van der Waals surface area (Å²) in [5.74, 6) is 0. The molecule has 1 unspecified atom stereocenters. The molecule has 2 rings (SSSR count). The predicted molar refractivity (Wildman–Crippen MR) is 78.6 cm³/mol. The van der Waals surface area contributed by atoms with Crippen molar-refractivity contribution in [2.45, 2.75) is 87.7 Å². The quantitative estimate of drug-likeness (QED) is 0.672. The Hall–Kier alpha value is 0.310. The molecule has 0 aromatic heterocycles. The fourth-order valence-corrected chi connectivity index (χ4v) is 4.90. The van der Waals surface area contributed by atoms with E-state index in [9.17, 15) is 0 Å². The molecule has 1 aliphatic carbocycles. The van der Waals surface area contributed by atoms with Crippen LogP contribution in [0.2, 0.25) is 0 Å². The molecule has 1 saturated heterocycles. The molecule has 0 aromatic rings. The molecule has 1 heterocycles. The number of hydrogen-bond acceptors (Lipinski definition) is 2. The molecule has 1 aliphatic heterocycles. The highest BCUT2D eigenvalue weighted by molar-refractivity contribution is 8.01. The molecule has 17 heavy (non-hydrogen) atoms. The summed E-state index contributed by atoms with van der Waals surface area (Å²) in [6.07, 6.45) is 16.0. The highest BCUT2D eigenvalue weighted by atomic mass is 32.2. The van der Waals surface area contributed by atoms with Crippen molar-refractivity contribution in [1.82, 2.24) is 5.32 Å². The molecule has 100 valence electrons. The second-order valence-corrected chi connectivity index (χ2v) is 7.81. The van der Waals surface area contributed by atoms with Gasteiger partial charge >= 0.3 is 0 Å². The molecule has 0 aromatic carbocycles. The van der Waals surface area contributed by atoms with Gasteiger partial charge in [0.05, 0.1) is 4.87 Å². The third kappa shape index (κ3) is 4.48. The molecular weight excluding hydrogens is 226 g/mol. The summed E-state index contributed by atoms with van der Waals surface area (Å²) < 4.78 is 0. The molecule has 1 atom stereocenters. The molecule has 2 aliphatic rings. The van der Waals surface area contributed by atoms with Gasteiger partial charge in [-0.1, -0.05) is 64.7 Å². The fourth-order valence-electron chi connectivity index (χ4n) is 3.28. The summed E-state index contributed by atoms with van der Waals surface area (Å²) in [5, 5.41) is 4.66. The number of thioether (sulfide) groups is 1. The highest BCUT2D eigenvalue weighted by Crippen LogP contribution is 2.41. The Morgan fingerprint density at radius 3 is 1.71 bits per heavy atom. The minimum Gasteiger partial charge on any atom is -0.302 e. The minimum atomic E-state index is 0.457. The molecule has 0 radical (unpaired) electrons. The van der Waals surface area contributed by atoms with Crippen LogP contribution in [0.15, 0.2) is 0 Å². The van der Waals surface area contributed by atoms with Gasteiger partial charge in [0.15, 0.2) is 0 Å². The third-order valence-electron chi connectivity index (χ3n) is 4.30. The number of nitrogens with one attached hydrogen (secondary N) is 1. The first-order chi connectivity index (χ1) is 8.31. The molecule has 1 nitrogen and oxygen atoms in total. The Kier molecular flexibility index (Phi) is 5.68. The van der Waals surface area contributed by atoms with Gasteiger partial charge in [0.1, 0.15) is 0 Å². The largest absolute Gasteiger partial charge is 0.302 e. The normalized spacial score (nSPS) is 31.9. The zero-order chi connectivity index (χ0) is 12.0. The second-order valence-electron chi connectivity index (χ2n) is 5.99. The van der Waals surface area contributed by atoms with Crippen molar-refractivity contribution in [2.24, 2.45) is 0 Å². The van der Waals surface area contributed by atoms with Gasteiger partial charge < -0.3 is 5.32 Å². The van der Waals surface area contributed by atoms with E-state index in [4.69, 9.17) is 0 Å². The molecule has 0 bridgehead atoms. The van der Waals surface area contributed by atoms with Gasteiger partial charge in [-0.25, -0.2) is 0 Å². The van der Waals surface area contributed by atoms with E-state index >= 15 is 0 Å². The van der Waals surface area contributed by atoms with E-state index in [0.29, 0.717) is 4.87 Å². The van der Waals surface area contributed by atoms with Gasteiger partial charge in [0.25, 0.3) is 0 Å². The zero-order valence-electron chi connectivity index (χ0n) is 11.5. The number of hydrogen-bond donors (Lipinski definition) is 1. The van der Waals surface area contributed by atoms with Gasteiger partial charge in [-0.3, -0.25) is 0 Å². The van der Waals surface area contributed by atoms with Gasteiger partial charge in [-0.15, -0.1) is 11.8 Å². The summed E-state index contributed by atoms with van der Waals surface area (Å²) in [6.45, 7) is 3.60. The molecule has 2 fully saturated rings. The SMILES string of the molecule is CC1CNC2(CCCCCCCCCCC2)S1. The molecule has 2 heteroatoms. The van der Waals surface area contributed by atoms with E-state index < -0.39 is 0 Å². The lowest BCUT2D eigenvalue weighted by Gasteiger charge is -2.29. The van der Waals surface area contributed by atoms with Gasteiger partial charge in [0.2, 0.25) is 0 Å². The summed E-state index contributed by atoms with van der Waals surface area (Å²) in [5.41, 5.74) is 0. The van der Waals surface area contributed by atoms with Crippen molar-refractivity contribution in [1.29, 1.82) is 0 Å². The van der Waals surface area contributed by atoms with Crippen LogP contribution in [0.1, 0.15) is 77.6 Å². The van der Waals surface area contributed by atoms with Crippen LogP contribution in [-0.4, -0.2) is 16.7 Å². The van der Waals surface area contributed by atoms with Crippen LogP contribution in [0.25, 0.3) is 0 Å². The smallest absolute Gasteiger partial charge is 0.0648 e. The fraction of sp³-hybridized carbons (Fsp3) is 1.00. The van der Waals surface area contributed by atoms with Crippen molar-refractivity contribution in [3.8, 4) is 0 Å².